The largest absolute Gasteiger partial charge is 0.368 e. The third kappa shape index (κ3) is 2.20. The predicted molar refractivity (Wildman–Crippen MR) is 85.1 cm³/mol. The first-order valence-electron chi connectivity index (χ1n) is 6.45. The molecule has 20 heavy (non-hydrogen) atoms. The predicted octanol–water partition coefficient (Wildman–Crippen LogP) is 3.47. The molecule has 4 nitrogen and oxygen atoms in total. The summed E-state index contributed by atoms with van der Waals surface area (Å²) in [7, 11) is 2.04. The van der Waals surface area contributed by atoms with Crippen molar-refractivity contribution in [2.24, 2.45) is 0 Å². The number of para-hydroxylation sites is 1. The van der Waals surface area contributed by atoms with Gasteiger partial charge in [-0.3, -0.25) is 0 Å². The normalized spacial score (nSPS) is 12.5. The summed E-state index contributed by atoms with van der Waals surface area (Å²) < 4.78 is 0. The van der Waals surface area contributed by atoms with Crippen molar-refractivity contribution in [3.05, 3.63) is 46.7 Å². The molecule has 5 heteroatoms. The van der Waals surface area contributed by atoms with Crippen LogP contribution in [0.1, 0.15) is 17.8 Å². The molecule has 1 atom stereocenters. The summed E-state index contributed by atoms with van der Waals surface area (Å²) in [5.74, 6) is 1.18. The Morgan fingerprint density at radius 1 is 1.15 bits per heavy atom. The highest BCUT2D eigenvalue weighted by atomic mass is 32.1. The lowest BCUT2D eigenvalue weighted by Crippen LogP contribution is -2.22. The van der Waals surface area contributed by atoms with E-state index in [-0.39, 0.29) is 6.04 Å². The summed E-state index contributed by atoms with van der Waals surface area (Å²) in [4.78, 5) is 12.2. The number of anilines is 2. The average Bonchev–Trinajstić information content (AvgIpc) is 2.99. The number of nitrogen functional groups attached to an aromatic ring is 1. The van der Waals surface area contributed by atoms with Crippen molar-refractivity contribution in [3.63, 3.8) is 0 Å². The molecular weight excluding hydrogens is 268 g/mol. The number of rotatable bonds is 3. The fraction of sp³-hybridized carbons (Fsp3) is 0.200. The van der Waals surface area contributed by atoms with E-state index < -0.39 is 0 Å². The van der Waals surface area contributed by atoms with Crippen LogP contribution >= 0.6 is 11.3 Å². The first-order chi connectivity index (χ1) is 9.66. The van der Waals surface area contributed by atoms with Crippen molar-refractivity contribution in [2.45, 2.75) is 13.0 Å². The van der Waals surface area contributed by atoms with Crippen LogP contribution in [0.2, 0.25) is 0 Å². The van der Waals surface area contributed by atoms with Crippen LogP contribution in [0.4, 0.5) is 11.8 Å². The van der Waals surface area contributed by atoms with E-state index in [1.54, 1.807) is 11.3 Å². The van der Waals surface area contributed by atoms with E-state index in [2.05, 4.69) is 39.3 Å². The third-order valence-electron chi connectivity index (χ3n) is 3.47. The van der Waals surface area contributed by atoms with Crippen molar-refractivity contribution in [2.75, 3.05) is 17.7 Å². The van der Waals surface area contributed by atoms with Crippen molar-refractivity contribution in [3.8, 4) is 0 Å². The zero-order chi connectivity index (χ0) is 14.1. The fourth-order valence-electron chi connectivity index (χ4n) is 2.25. The van der Waals surface area contributed by atoms with Crippen molar-refractivity contribution < 1.29 is 0 Å². The lowest BCUT2D eigenvalue weighted by atomic mass is 10.2. The molecule has 0 aliphatic heterocycles. The van der Waals surface area contributed by atoms with Gasteiger partial charge in [-0.1, -0.05) is 18.2 Å². The van der Waals surface area contributed by atoms with Gasteiger partial charge in [-0.05, 0) is 30.5 Å². The minimum atomic E-state index is 0.243. The molecule has 2 aromatic heterocycles. The molecule has 0 amide bonds. The van der Waals surface area contributed by atoms with Gasteiger partial charge in [-0.15, -0.1) is 11.3 Å². The van der Waals surface area contributed by atoms with Crippen molar-refractivity contribution >= 4 is 34.0 Å². The van der Waals surface area contributed by atoms with Gasteiger partial charge in [0, 0.05) is 17.3 Å². The molecule has 0 spiro atoms. The Balaban J connectivity index is 2.09. The third-order valence-corrected chi connectivity index (χ3v) is 4.51. The van der Waals surface area contributed by atoms with Gasteiger partial charge in [-0.25, -0.2) is 4.98 Å². The SMILES string of the molecule is CC(c1cccs1)N(C)c1nc(N)nc2ccccc12. The summed E-state index contributed by atoms with van der Waals surface area (Å²) in [6.45, 7) is 2.17. The van der Waals surface area contributed by atoms with Gasteiger partial charge in [0.25, 0.3) is 0 Å². The van der Waals surface area contributed by atoms with Gasteiger partial charge < -0.3 is 10.6 Å². The molecule has 2 heterocycles. The molecule has 0 saturated carbocycles. The summed E-state index contributed by atoms with van der Waals surface area (Å²) in [5, 5.41) is 3.11. The van der Waals surface area contributed by atoms with E-state index in [1.165, 1.54) is 4.88 Å². The lowest BCUT2D eigenvalue weighted by Gasteiger charge is -2.26. The highest BCUT2D eigenvalue weighted by Gasteiger charge is 2.17. The van der Waals surface area contributed by atoms with Crippen LogP contribution in [0.25, 0.3) is 10.9 Å². The van der Waals surface area contributed by atoms with E-state index in [1.807, 2.05) is 31.3 Å². The summed E-state index contributed by atoms with van der Waals surface area (Å²) >= 11 is 1.75. The van der Waals surface area contributed by atoms with Gasteiger partial charge in [0.05, 0.1) is 11.6 Å². The lowest BCUT2D eigenvalue weighted by molar-refractivity contribution is 0.745. The number of nitrogens with two attached hydrogens (primary N) is 1. The van der Waals surface area contributed by atoms with Gasteiger partial charge in [0.2, 0.25) is 5.95 Å². The van der Waals surface area contributed by atoms with Crippen LogP contribution in [0.3, 0.4) is 0 Å². The molecule has 1 unspecified atom stereocenters. The Morgan fingerprint density at radius 3 is 2.70 bits per heavy atom. The Hall–Kier alpha value is -2.14. The van der Waals surface area contributed by atoms with Crippen LogP contribution in [-0.2, 0) is 0 Å². The Labute approximate surface area is 121 Å². The van der Waals surface area contributed by atoms with E-state index in [9.17, 15) is 0 Å². The number of nitrogens with zero attached hydrogens (tertiary/aromatic N) is 3. The van der Waals surface area contributed by atoms with E-state index in [0.29, 0.717) is 5.95 Å². The molecular formula is C15H16N4S. The van der Waals surface area contributed by atoms with Crippen LogP contribution in [-0.4, -0.2) is 17.0 Å². The molecule has 0 aliphatic carbocycles. The number of fused-ring (bicyclic) bond motifs is 1. The van der Waals surface area contributed by atoms with E-state index in [0.717, 1.165) is 16.7 Å². The fourth-order valence-corrected chi connectivity index (χ4v) is 3.08. The number of hydrogen-bond donors (Lipinski definition) is 1. The standard InChI is InChI=1S/C15H16N4S/c1-10(13-8-5-9-20-13)19(2)14-11-6-3-4-7-12(11)17-15(16)18-14/h3-10H,1-2H3,(H2,16,17,18). The first kappa shape index (κ1) is 12.9. The molecule has 0 aliphatic rings. The van der Waals surface area contributed by atoms with Crippen LogP contribution < -0.4 is 10.6 Å². The maximum atomic E-state index is 5.84. The second kappa shape index (κ2) is 5.09. The topological polar surface area (TPSA) is 55.0 Å². The second-order valence-electron chi connectivity index (χ2n) is 4.72. The molecule has 3 aromatic rings. The molecule has 2 N–H and O–H groups in total. The number of benzene rings is 1. The summed E-state index contributed by atoms with van der Waals surface area (Å²) in [6, 6.07) is 12.4. The zero-order valence-corrected chi connectivity index (χ0v) is 12.3. The molecule has 0 fully saturated rings. The monoisotopic (exact) mass is 284 g/mol. The summed E-state index contributed by atoms with van der Waals surface area (Å²) in [6.07, 6.45) is 0. The quantitative estimate of drug-likeness (QED) is 0.800. The van der Waals surface area contributed by atoms with E-state index in [4.69, 9.17) is 5.73 Å². The number of thiophene rings is 1. The number of aromatic nitrogens is 2. The smallest absolute Gasteiger partial charge is 0.222 e. The van der Waals surface area contributed by atoms with Crippen molar-refractivity contribution in [1.82, 2.24) is 9.97 Å². The highest BCUT2D eigenvalue weighted by molar-refractivity contribution is 7.10. The van der Waals surface area contributed by atoms with Crippen molar-refractivity contribution in [1.29, 1.82) is 0 Å². The minimum Gasteiger partial charge on any atom is -0.368 e. The maximum Gasteiger partial charge on any atom is 0.222 e. The first-order valence-corrected chi connectivity index (χ1v) is 7.33. The maximum absolute atomic E-state index is 5.84. The molecule has 3 rings (SSSR count). The van der Waals surface area contributed by atoms with Gasteiger partial charge in [0.15, 0.2) is 0 Å². The highest BCUT2D eigenvalue weighted by Crippen LogP contribution is 2.31. The zero-order valence-electron chi connectivity index (χ0n) is 11.4. The molecule has 0 bridgehead atoms. The van der Waals surface area contributed by atoms with Crippen LogP contribution in [0.5, 0.6) is 0 Å². The van der Waals surface area contributed by atoms with E-state index >= 15 is 0 Å². The van der Waals surface area contributed by atoms with Gasteiger partial charge in [-0.2, -0.15) is 4.98 Å². The Morgan fingerprint density at radius 2 is 1.95 bits per heavy atom. The summed E-state index contributed by atoms with van der Waals surface area (Å²) in [5.41, 5.74) is 6.71. The Kier molecular flexibility index (Phi) is 3.28. The van der Waals surface area contributed by atoms with Crippen LogP contribution in [0, 0.1) is 0 Å². The Bertz CT molecular complexity index is 724. The van der Waals surface area contributed by atoms with Gasteiger partial charge >= 0.3 is 0 Å². The van der Waals surface area contributed by atoms with Gasteiger partial charge in [0.1, 0.15) is 5.82 Å². The van der Waals surface area contributed by atoms with Crippen LogP contribution in [0.15, 0.2) is 41.8 Å². The molecule has 0 saturated heterocycles. The molecule has 1 aromatic carbocycles. The molecule has 0 radical (unpaired) electrons. The molecule has 102 valence electrons. The average molecular weight is 284 g/mol. The second-order valence-corrected chi connectivity index (χ2v) is 5.70. The minimum absolute atomic E-state index is 0.243. The number of hydrogen-bond acceptors (Lipinski definition) is 5.